The maximum absolute atomic E-state index is 13.4. The van der Waals surface area contributed by atoms with E-state index in [0.29, 0.717) is 22.6 Å². The molecule has 0 aliphatic carbocycles. The van der Waals surface area contributed by atoms with E-state index in [1.807, 2.05) is 0 Å². The summed E-state index contributed by atoms with van der Waals surface area (Å²) >= 11 is 0. The van der Waals surface area contributed by atoms with E-state index >= 15 is 0 Å². The van der Waals surface area contributed by atoms with Crippen molar-refractivity contribution in [2.45, 2.75) is 13.5 Å². The van der Waals surface area contributed by atoms with Gasteiger partial charge in [-0.3, -0.25) is 4.79 Å². The number of hydrogen-bond acceptors (Lipinski definition) is 3. The number of ether oxygens (including phenoxy) is 1. The van der Waals surface area contributed by atoms with Crippen molar-refractivity contribution in [3.63, 3.8) is 0 Å². The van der Waals surface area contributed by atoms with Crippen LogP contribution in [0.3, 0.4) is 0 Å². The maximum Gasteiger partial charge on any atom is 0.161 e. The molecule has 0 saturated carbocycles. The van der Waals surface area contributed by atoms with Crippen LogP contribution in [0.1, 0.15) is 22.8 Å². The largest absolute Gasteiger partial charge is 0.489 e. The molecular weight excluding hydrogens is 245 g/mol. The molecule has 0 aliphatic rings. The fourth-order valence-corrected chi connectivity index (χ4v) is 1.73. The molecule has 0 fully saturated rings. The van der Waals surface area contributed by atoms with Gasteiger partial charge in [0.05, 0.1) is 0 Å². The molecule has 2 rings (SSSR count). The number of nitrogen functional groups attached to an aromatic ring is 1. The number of nitrogens with two attached hydrogens (primary N) is 1. The van der Waals surface area contributed by atoms with Gasteiger partial charge in [0.2, 0.25) is 0 Å². The molecule has 0 unspecified atom stereocenters. The van der Waals surface area contributed by atoms with Gasteiger partial charge >= 0.3 is 0 Å². The fraction of sp³-hybridized carbons (Fsp3) is 0.133. The van der Waals surface area contributed by atoms with Crippen LogP contribution < -0.4 is 10.5 Å². The quantitative estimate of drug-likeness (QED) is 0.677. The second-order valence-electron chi connectivity index (χ2n) is 4.19. The Labute approximate surface area is 110 Å². The zero-order valence-corrected chi connectivity index (χ0v) is 10.5. The normalized spacial score (nSPS) is 10.2. The van der Waals surface area contributed by atoms with E-state index in [-0.39, 0.29) is 18.2 Å². The maximum atomic E-state index is 13.4. The number of benzene rings is 2. The van der Waals surface area contributed by atoms with Gasteiger partial charge in [0.1, 0.15) is 18.2 Å². The van der Waals surface area contributed by atoms with E-state index in [1.165, 1.54) is 13.0 Å². The van der Waals surface area contributed by atoms with E-state index in [2.05, 4.69) is 0 Å². The zero-order chi connectivity index (χ0) is 13.8. The molecule has 0 amide bonds. The first kappa shape index (κ1) is 13.1. The van der Waals surface area contributed by atoms with Gasteiger partial charge in [0.15, 0.2) is 5.78 Å². The van der Waals surface area contributed by atoms with Crippen LogP contribution >= 0.6 is 0 Å². The Morgan fingerprint density at radius 2 is 2.00 bits per heavy atom. The lowest BCUT2D eigenvalue weighted by Gasteiger charge is -2.09. The number of Topliss-reactive ketones (excluding diaryl/α,β-unsaturated/α-hetero) is 1. The van der Waals surface area contributed by atoms with Crippen molar-refractivity contribution >= 4 is 11.5 Å². The van der Waals surface area contributed by atoms with Gasteiger partial charge < -0.3 is 10.5 Å². The van der Waals surface area contributed by atoms with Crippen LogP contribution in [0.15, 0.2) is 42.5 Å². The predicted octanol–water partition coefficient (Wildman–Crippen LogP) is 3.19. The van der Waals surface area contributed by atoms with Gasteiger partial charge in [0.25, 0.3) is 0 Å². The molecule has 19 heavy (non-hydrogen) atoms. The summed E-state index contributed by atoms with van der Waals surface area (Å²) in [6, 6.07) is 11.2. The average Bonchev–Trinajstić information content (AvgIpc) is 2.37. The van der Waals surface area contributed by atoms with Crippen LogP contribution in [0, 0.1) is 5.82 Å². The van der Waals surface area contributed by atoms with E-state index < -0.39 is 0 Å². The molecule has 0 aliphatic heterocycles. The summed E-state index contributed by atoms with van der Waals surface area (Å²) in [4.78, 5) is 11.2. The lowest BCUT2D eigenvalue weighted by atomic mass is 10.1. The summed E-state index contributed by atoms with van der Waals surface area (Å²) in [6.07, 6.45) is 0. The molecule has 2 aromatic carbocycles. The van der Waals surface area contributed by atoms with Crippen molar-refractivity contribution in [3.05, 3.63) is 59.4 Å². The second-order valence-corrected chi connectivity index (χ2v) is 4.19. The Bertz CT molecular complexity index is 611. The third kappa shape index (κ3) is 3.10. The third-order valence-electron chi connectivity index (χ3n) is 2.75. The highest BCUT2D eigenvalue weighted by Crippen LogP contribution is 2.21. The predicted molar refractivity (Wildman–Crippen MR) is 71.6 cm³/mol. The molecule has 0 atom stereocenters. The van der Waals surface area contributed by atoms with E-state index in [4.69, 9.17) is 10.5 Å². The second kappa shape index (κ2) is 5.52. The summed E-state index contributed by atoms with van der Waals surface area (Å²) in [6.45, 7) is 1.57. The highest BCUT2D eigenvalue weighted by Gasteiger charge is 2.07. The van der Waals surface area contributed by atoms with Crippen LogP contribution in [0.5, 0.6) is 5.75 Å². The molecule has 3 nitrogen and oxygen atoms in total. The summed E-state index contributed by atoms with van der Waals surface area (Å²) in [7, 11) is 0. The molecular formula is C15H14FNO2. The third-order valence-corrected chi connectivity index (χ3v) is 2.75. The lowest BCUT2D eigenvalue weighted by molar-refractivity contribution is 0.101. The van der Waals surface area contributed by atoms with Crippen LogP contribution in [0.4, 0.5) is 10.1 Å². The minimum absolute atomic E-state index is 0.0989. The summed E-state index contributed by atoms with van der Waals surface area (Å²) < 4.78 is 18.8. The Morgan fingerprint density at radius 1 is 1.26 bits per heavy atom. The molecule has 0 aromatic heterocycles. The number of ketones is 1. The Morgan fingerprint density at radius 3 is 2.63 bits per heavy atom. The molecule has 0 radical (unpaired) electrons. The first-order chi connectivity index (χ1) is 9.08. The number of rotatable bonds is 4. The van der Waals surface area contributed by atoms with Crippen LogP contribution in [0.25, 0.3) is 0 Å². The number of halogens is 1. The number of carbonyl (C=O) groups excluding carboxylic acids is 1. The molecule has 0 spiro atoms. The SMILES string of the molecule is CC(=O)c1ccc(OCc2ccccc2F)cc1N. The summed E-state index contributed by atoms with van der Waals surface area (Å²) in [5.41, 5.74) is 7.03. The Kier molecular flexibility index (Phi) is 3.80. The standard InChI is InChI=1S/C15H14FNO2/c1-10(18)13-7-6-12(8-15(13)17)19-9-11-4-2-3-5-14(11)16/h2-8H,9,17H2,1H3. The van der Waals surface area contributed by atoms with Crippen LogP contribution in [0.2, 0.25) is 0 Å². The number of hydrogen-bond donors (Lipinski definition) is 1. The van der Waals surface area contributed by atoms with Crippen LogP contribution in [-0.2, 0) is 6.61 Å². The molecule has 4 heteroatoms. The topological polar surface area (TPSA) is 52.3 Å². The van der Waals surface area contributed by atoms with Crippen molar-refractivity contribution < 1.29 is 13.9 Å². The Balaban J connectivity index is 2.11. The molecule has 0 heterocycles. The minimum atomic E-state index is -0.309. The van der Waals surface area contributed by atoms with Gasteiger partial charge in [-0.25, -0.2) is 4.39 Å². The summed E-state index contributed by atoms with van der Waals surface area (Å²) in [5.74, 6) is 0.0970. The molecule has 2 aromatic rings. The highest BCUT2D eigenvalue weighted by atomic mass is 19.1. The zero-order valence-electron chi connectivity index (χ0n) is 10.5. The highest BCUT2D eigenvalue weighted by molar-refractivity contribution is 5.99. The van der Waals surface area contributed by atoms with Crippen molar-refractivity contribution in [2.24, 2.45) is 0 Å². The molecule has 0 bridgehead atoms. The first-order valence-electron chi connectivity index (χ1n) is 5.84. The van der Waals surface area contributed by atoms with E-state index in [1.54, 1.807) is 36.4 Å². The number of anilines is 1. The van der Waals surface area contributed by atoms with Gasteiger partial charge in [-0.15, -0.1) is 0 Å². The first-order valence-corrected chi connectivity index (χ1v) is 5.84. The van der Waals surface area contributed by atoms with E-state index in [0.717, 1.165) is 0 Å². The fourth-order valence-electron chi connectivity index (χ4n) is 1.73. The molecule has 0 saturated heterocycles. The lowest BCUT2D eigenvalue weighted by Crippen LogP contribution is -2.02. The van der Waals surface area contributed by atoms with Crippen molar-refractivity contribution in [1.82, 2.24) is 0 Å². The molecule has 98 valence electrons. The smallest absolute Gasteiger partial charge is 0.161 e. The van der Waals surface area contributed by atoms with Crippen molar-refractivity contribution in [3.8, 4) is 5.75 Å². The summed E-state index contributed by atoms with van der Waals surface area (Å²) in [5, 5.41) is 0. The monoisotopic (exact) mass is 259 g/mol. The van der Waals surface area contributed by atoms with Crippen molar-refractivity contribution in [2.75, 3.05) is 5.73 Å². The van der Waals surface area contributed by atoms with E-state index in [9.17, 15) is 9.18 Å². The van der Waals surface area contributed by atoms with Crippen molar-refractivity contribution in [1.29, 1.82) is 0 Å². The Hall–Kier alpha value is -2.36. The van der Waals surface area contributed by atoms with Gasteiger partial charge in [-0.1, -0.05) is 18.2 Å². The average molecular weight is 259 g/mol. The molecule has 2 N–H and O–H groups in total. The van der Waals surface area contributed by atoms with Gasteiger partial charge in [-0.2, -0.15) is 0 Å². The van der Waals surface area contributed by atoms with Crippen LogP contribution in [-0.4, -0.2) is 5.78 Å². The minimum Gasteiger partial charge on any atom is -0.489 e. The van der Waals surface area contributed by atoms with Gasteiger partial charge in [0, 0.05) is 22.9 Å². The van der Waals surface area contributed by atoms with Gasteiger partial charge in [-0.05, 0) is 25.1 Å². The number of carbonyl (C=O) groups is 1.